The van der Waals surface area contributed by atoms with Crippen molar-refractivity contribution in [1.82, 2.24) is 5.32 Å². The summed E-state index contributed by atoms with van der Waals surface area (Å²) >= 11 is 0. The molecule has 0 aromatic carbocycles. The number of hydrogen-bond donors (Lipinski definition) is 4. The van der Waals surface area contributed by atoms with Gasteiger partial charge in [-0.1, -0.05) is 19.4 Å². The van der Waals surface area contributed by atoms with Gasteiger partial charge < -0.3 is 21.3 Å². The van der Waals surface area contributed by atoms with Crippen molar-refractivity contribution in [2.75, 3.05) is 6.54 Å². The van der Waals surface area contributed by atoms with Crippen LogP contribution in [0.15, 0.2) is 11.6 Å². The lowest BCUT2D eigenvalue weighted by atomic mass is 10.1. The molecule has 0 bridgehead atoms. The average Bonchev–Trinajstić information content (AvgIpc) is 2.25. The van der Waals surface area contributed by atoms with Gasteiger partial charge in [0, 0.05) is 6.08 Å². The number of hydrogen-bond acceptors (Lipinski definition) is 4. The van der Waals surface area contributed by atoms with E-state index in [0.717, 1.165) is 5.57 Å². The summed E-state index contributed by atoms with van der Waals surface area (Å²) in [4.78, 5) is 30.8. The quantitative estimate of drug-likeness (QED) is 0.529. The van der Waals surface area contributed by atoms with Crippen LogP contribution in [-0.4, -0.2) is 40.6 Å². The third-order valence-corrected chi connectivity index (χ3v) is 1.88. The molecule has 116 valence electrons. The third-order valence-electron chi connectivity index (χ3n) is 1.88. The Morgan fingerprint density at radius 1 is 1.20 bits per heavy atom. The number of carboxylic acid groups (broad SMARTS) is 2. The van der Waals surface area contributed by atoms with Gasteiger partial charge in [-0.25, -0.2) is 0 Å². The first-order valence-electron chi connectivity index (χ1n) is 6.19. The molecule has 0 heterocycles. The molecule has 0 radical (unpaired) electrons. The van der Waals surface area contributed by atoms with Gasteiger partial charge in [-0.15, -0.1) is 0 Å². The minimum atomic E-state index is -1.04. The Labute approximate surface area is 118 Å². The van der Waals surface area contributed by atoms with Crippen molar-refractivity contribution in [3.05, 3.63) is 11.6 Å². The van der Waals surface area contributed by atoms with Crippen molar-refractivity contribution in [3.63, 3.8) is 0 Å². The lowest BCUT2D eigenvalue weighted by molar-refractivity contribution is -0.139. The second-order valence-electron chi connectivity index (χ2n) is 4.91. The Balaban J connectivity index is 0. The lowest BCUT2D eigenvalue weighted by Crippen LogP contribution is -2.31. The number of aliphatic carboxylic acids is 2. The molecule has 0 fully saturated rings. The minimum Gasteiger partial charge on any atom is -0.480 e. The molecule has 7 nitrogen and oxygen atoms in total. The smallest absolute Gasteiger partial charge is 0.322 e. The number of allylic oxidation sites excluding steroid dienone is 1. The number of amides is 1. The standard InChI is InChI=1S/C7H11NO3.C6H13NO2/c1-5(2)3-6(9)8-4-7(10)11;1-4(2)3-5(7)6(8)9/h3H,4H2,1-2H3,(H,8,9)(H,10,11);4-5H,3,7H2,1-2H3,(H,8,9). The zero-order chi connectivity index (χ0) is 16.3. The van der Waals surface area contributed by atoms with Crippen LogP contribution in [0, 0.1) is 5.92 Å². The van der Waals surface area contributed by atoms with Crippen LogP contribution in [0.5, 0.6) is 0 Å². The number of carboxylic acids is 2. The fourth-order valence-corrected chi connectivity index (χ4v) is 1.08. The molecule has 0 saturated heterocycles. The summed E-state index contributed by atoms with van der Waals surface area (Å²) in [7, 11) is 0. The van der Waals surface area contributed by atoms with Crippen molar-refractivity contribution in [1.29, 1.82) is 0 Å². The van der Waals surface area contributed by atoms with E-state index < -0.39 is 18.0 Å². The highest BCUT2D eigenvalue weighted by molar-refractivity contribution is 5.90. The molecule has 0 aliphatic rings. The van der Waals surface area contributed by atoms with Crippen LogP contribution in [0.2, 0.25) is 0 Å². The number of rotatable bonds is 6. The van der Waals surface area contributed by atoms with Gasteiger partial charge in [-0.3, -0.25) is 14.4 Å². The maximum atomic E-state index is 10.7. The van der Waals surface area contributed by atoms with Gasteiger partial charge in [0.25, 0.3) is 0 Å². The molecule has 0 aromatic heterocycles. The van der Waals surface area contributed by atoms with Gasteiger partial charge in [0.1, 0.15) is 12.6 Å². The number of nitrogens with two attached hydrogens (primary N) is 1. The highest BCUT2D eigenvalue weighted by atomic mass is 16.4. The molecule has 0 aromatic rings. The van der Waals surface area contributed by atoms with E-state index in [1.807, 2.05) is 13.8 Å². The maximum Gasteiger partial charge on any atom is 0.322 e. The Bertz CT molecular complexity index is 360. The monoisotopic (exact) mass is 288 g/mol. The van der Waals surface area contributed by atoms with Crippen molar-refractivity contribution < 1.29 is 24.6 Å². The van der Waals surface area contributed by atoms with Gasteiger partial charge in [0.2, 0.25) is 5.91 Å². The normalized spacial score (nSPS) is 10.9. The van der Waals surface area contributed by atoms with Crippen LogP contribution in [0.3, 0.4) is 0 Å². The first-order chi connectivity index (χ1) is 9.06. The molecule has 0 rings (SSSR count). The predicted molar refractivity (Wildman–Crippen MR) is 75.1 cm³/mol. The third kappa shape index (κ3) is 16.1. The van der Waals surface area contributed by atoms with E-state index in [4.69, 9.17) is 15.9 Å². The molecule has 1 unspecified atom stereocenters. The van der Waals surface area contributed by atoms with Crippen LogP contribution in [0.25, 0.3) is 0 Å². The molecule has 0 aliphatic heterocycles. The summed E-state index contributed by atoms with van der Waals surface area (Å²) < 4.78 is 0. The zero-order valence-electron chi connectivity index (χ0n) is 12.3. The summed E-state index contributed by atoms with van der Waals surface area (Å²) in [6.07, 6.45) is 1.90. The molecule has 20 heavy (non-hydrogen) atoms. The van der Waals surface area contributed by atoms with E-state index in [2.05, 4.69) is 5.32 Å². The zero-order valence-corrected chi connectivity index (χ0v) is 12.3. The van der Waals surface area contributed by atoms with Crippen molar-refractivity contribution >= 4 is 17.8 Å². The van der Waals surface area contributed by atoms with Crippen LogP contribution in [0.1, 0.15) is 34.1 Å². The molecule has 1 amide bonds. The van der Waals surface area contributed by atoms with Crippen LogP contribution in [0.4, 0.5) is 0 Å². The first-order valence-corrected chi connectivity index (χ1v) is 6.19. The van der Waals surface area contributed by atoms with Gasteiger partial charge in [0.05, 0.1) is 0 Å². The summed E-state index contributed by atoms with van der Waals surface area (Å²) in [5, 5.41) is 18.7. The van der Waals surface area contributed by atoms with E-state index in [0.29, 0.717) is 12.3 Å². The van der Waals surface area contributed by atoms with Gasteiger partial charge in [0.15, 0.2) is 0 Å². The van der Waals surface area contributed by atoms with Gasteiger partial charge in [-0.2, -0.15) is 0 Å². The first kappa shape index (κ1) is 20.4. The fourth-order valence-electron chi connectivity index (χ4n) is 1.08. The predicted octanol–water partition coefficient (Wildman–Crippen LogP) is 0.598. The highest BCUT2D eigenvalue weighted by Gasteiger charge is 2.11. The molecule has 5 N–H and O–H groups in total. The highest BCUT2D eigenvalue weighted by Crippen LogP contribution is 2.01. The second kappa shape index (κ2) is 11.0. The molecular weight excluding hydrogens is 264 g/mol. The second-order valence-corrected chi connectivity index (χ2v) is 4.91. The van der Waals surface area contributed by atoms with Crippen molar-refractivity contribution in [3.8, 4) is 0 Å². The van der Waals surface area contributed by atoms with E-state index in [-0.39, 0.29) is 12.5 Å². The molecule has 0 aliphatic carbocycles. The van der Waals surface area contributed by atoms with Crippen molar-refractivity contribution in [2.24, 2.45) is 11.7 Å². The Hall–Kier alpha value is -1.89. The number of carbonyl (C=O) groups is 3. The summed E-state index contributed by atoms with van der Waals surface area (Å²) in [5.41, 5.74) is 6.06. The largest absolute Gasteiger partial charge is 0.480 e. The Kier molecular flexibility index (Phi) is 11.2. The molecule has 0 spiro atoms. The molecule has 1 atom stereocenters. The van der Waals surface area contributed by atoms with Crippen LogP contribution < -0.4 is 11.1 Å². The fraction of sp³-hybridized carbons (Fsp3) is 0.615. The minimum absolute atomic E-state index is 0.331. The summed E-state index contributed by atoms with van der Waals surface area (Å²) in [6, 6.07) is -0.690. The topological polar surface area (TPSA) is 130 Å². The van der Waals surface area contributed by atoms with Gasteiger partial charge >= 0.3 is 11.9 Å². The van der Waals surface area contributed by atoms with Gasteiger partial charge in [-0.05, 0) is 26.2 Å². The van der Waals surface area contributed by atoms with Crippen LogP contribution in [-0.2, 0) is 14.4 Å². The van der Waals surface area contributed by atoms with E-state index >= 15 is 0 Å². The van der Waals surface area contributed by atoms with E-state index in [1.165, 1.54) is 6.08 Å². The summed E-state index contributed by atoms with van der Waals surface area (Å²) in [6.45, 7) is 7.09. The number of nitrogens with one attached hydrogen (secondary N) is 1. The Morgan fingerprint density at radius 3 is 1.95 bits per heavy atom. The Morgan fingerprint density at radius 2 is 1.70 bits per heavy atom. The SMILES string of the molecule is CC(C)=CC(=O)NCC(=O)O.CC(C)CC(N)C(=O)O. The maximum absolute atomic E-state index is 10.7. The molecule has 7 heteroatoms. The van der Waals surface area contributed by atoms with Crippen LogP contribution >= 0.6 is 0 Å². The van der Waals surface area contributed by atoms with Crippen molar-refractivity contribution in [2.45, 2.75) is 40.2 Å². The molecular formula is C13H24N2O5. The van der Waals surface area contributed by atoms with E-state index in [9.17, 15) is 14.4 Å². The average molecular weight is 288 g/mol. The lowest BCUT2D eigenvalue weighted by Gasteiger charge is -2.07. The molecule has 0 saturated carbocycles. The number of carbonyl (C=O) groups excluding carboxylic acids is 1. The summed E-state index contributed by atoms with van der Waals surface area (Å²) in [5.74, 6) is -1.97. The van der Waals surface area contributed by atoms with E-state index in [1.54, 1.807) is 13.8 Å².